The minimum atomic E-state index is -0.0321. The van der Waals surface area contributed by atoms with Crippen LogP contribution < -0.4 is 0 Å². The summed E-state index contributed by atoms with van der Waals surface area (Å²) in [5.41, 5.74) is 10.1. The van der Waals surface area contributed by atoms with Gasteiger partial charge in [-0.2, -0.15) is 0 Å². The highest BCUT2D eigenvalue weighted by atomic mass is 14.5. The van der Waals surface area contributed by atoms with Gasteiger partial charge in [-0.15, -0.1) is 12.3 Å². The Morgan fingerprint density at radius 1 is 0.875 bits per heavy atom. The number of allylic oxidation sites excluding steroid dienone is 1. The lowest BCUT2D eigenvalue weighted by atomic mass is 9.57. The summed E-state index contributed by atoms with van der Waals surface area (Å²) in [4.78, 5) is 0. The molecule has 1 atom stereocenters. The van der Waals surface area contributed by atoms with Gasteiger partial charge in [-0.05, 0) is 58.2 Å². The number of hydrogen-bond acceptors (Lipinski definition) is 0. The van der Waals surface area contributed by atoms with E-state index in [9.17, 15) is 0 Å². The third-order valence-corrected chi connectivity index (χ3v) is 8.02. The van der Waals surface area contributed by atoms with Crippen molar-refractivity contribution in [2.24, 2.45) is 0 Å². The van der Waals surface area contributed by atoms with Crippen LogP contribution in [0.5, 0.6) is 0 Å². The largest absolute Gasteiger partial charge is 0.120 e. The Balaban J connectivity index is 1.59. The third kappa shape index (κ3) is 3.15. The van der Waals surface area contributed by atoms with Crippen LogP contribution in [0.2, 0.25) is 0 Å². The molecule has 0 saturated heterocycles. The number of unbranched alkanes of at least 4 members (excludes halogenated alkanes) is 3. The molecule has 5 rings (SSSR count). The van der Waals surface area contributed by atoms with Gasteiger partial charge >= 0.3 is 0 Å². The summed E-state index contributed by atoms with van der Waals surface area (Å²) >= 11 is 0. The van der Waals surface area contributed by atoms with Gasteiger partial charge < -0.3 is 0 Å². The Hall–Kier alpha value is -3.04. The summed E-state index contributed by atoms with van der Waals surface area (Å²) in [5, 5.41) is 0. The highest BCUT2D eigenvalue weighted by Crippen LogP contribution is 2.55. The molecule has 3 aromatic carbocycles. The van der Waals surface area contributed by atoms with E-state index in [0.717, 1.165) is 25.7 Å². The van der Waals surface area contributed by atoms with Crippen molar-refractivity contribution in [2.45, 2.75) is 63.2 Å². The Bertz CT molecular complexity index is 1220. The number of rotatable bonds is 7. The van der Waals surface area contributed by atoms with Crippen molar-refractivity contribution in [1.29, 1.82) is 0 Å². The number of fused-ring (bicyclic) bond motifs is 4. The predicted octanol–water partition coefficient (Wildman–Crippen LogP) is 8.08. The third-order valence-electron chi connectivity index (χ3n) is 8.02. The van der Waals surface area contributed by atoms with Crippen LogP contribution >= 0.6 is 0 Å². The van der Waals surface area contributed by atoms with E-state index < -0.39 is 0 Å². The van der Waals surface area contributed by atoms with E-state index in [1.54, 1.807) is 0 Å². The van der Waals surface area contributed by atoms with E-state index in [2.05, 4.69) is 98.6 Å². The van der Waals surface area contributed by atoms with Crippen LogP contribution in [0, 0.1) is 12.3 Å². The van der Waals surface area contributed by atoms with Crippen molar-refractivity contribution in [3.05, 3.63) is 101 Å². The molecule has 0 heteroatoms. The first-order valence-electron chi connectivity index (χ1n) is 12.0. The van der Waals surface area contributed by atoms with Gasteiger partial charge in [0.15, 0.2) is 0 Å². The first-order valence-corrected chi connectivity index (χ1v) is 12.0. The zero-order valence-corrected chi connectivity index (χ0v) is 19.3. The molecule has 32 heavy (non-hydrogen) atoms. The van der Waals surface area contributed by atoms with Crippen molar-refractivity contribution >= 4 is 6.08 Å². The Morgan fingerprint density at radius 3 is 2.53 bits per heavy atom. The molecular formula is C32H32. The standard InChI is InChI=1S/C32H32/c1-4-5-6-7-12-21-32(22-20-24-14-9-11-18-29(24)32)31(2,3)30-19-13-17-27-26-16-10-8-15-25(26)23-28(27)30/h1,8-11,13-20,22H,5-7,12,21,23H2,2-3H3. The molecule has 0 N–H and O–H groups in total. The molecule has 0 bridgehead atoms. The molecule has 1 unspecified atom stereocenters. The molecule has 0 amide bonds. The maximum Gasteiger partial charge on any atom is 0.0233 e. The molecule has 0 aliphatic heterocycles. The van der Waals surface area contributed by atoms with Crippen molar-refractivity contribution in [2.75, 3.05) is 0 Å². The van der Waals surface area contributed by atoms with E-state index in [-0.39, 0.29) is 10.8 Å². The lowest BCUT2D eigenvalue weighted by Gasteiger charge is -2.46. The molecule has 2 aliphatic rings. The molecular weight excluding hydrogens is 384 g/mol. The highest BCUT2D eigenvalue weighted by Gasteiger charge is 2.49. The van der Waals surface area contributed by atoms with Gasteiger partial charge in [-0.1, -0.05) is 106 Å². The number of benzene rings is 3. The van der Waals surface area contributed by atoms with Gasteiger partial charge in [0.25, 0.3) is 0 Å². The van der Waals surface area contributed by atoms with Crippen LogP contribution in [-0.2, 0) is 17.3 Å². The van der Waals surface area contributed by atoms with E-state index in [4.69, 9.17) is 6.42 Å². The second-order valence-corrected chi connectivity index (χ2v) is 9.95. The lowest BCUT2D eigenvalue weighted by Crippen LogP contribution is -2.43. The highest BCUT2D eigenvalue weighted by molar-refractivity contribution is 5.79. The SMILES string of the molecule is C#CCCCCCC1(C(C)(C)c2cccc3c2Cc2ccccc2-3)C=Cc2ccccc21. The van der Waals surface area contributed by atoms with Crippen LogP contribution in [0.1, 0.15) is 73.8 Å². The van der Waals surface area contributed by atoms with Crippen LogP contribution in [0.25, 0.3) is 17.2 Å². The molecule has 0 spiro atoms. The molecule has 0 radical (unpaired) electrons. The first kappa shape index (κ1) is 20.8. The predicted molar refractivity (Wildman–Crippen MR) is 137 cm³/mol. The van der Waals surface area contributed by atoms with E-state index >= 15 is 0 Å². The van der Waals surface area contributed by atoms with Crippen molar-refractivity contribution in [1.82, 2.24) is 0 Å². The van der Waals surface area contributed by atoms with E-state index in [0.29, 0.717) is 0 Å². The van der Waals surface area contributed by atoms with Crippen LogP contribution in [-0.4, -0.2) is 0 Å². The van der Waals surface area contributed by atoms with Crippen molar-refractivity contribution in [3.63, 3.8) is 0 Å². The van der Waals surface area contributed by atoms with Gasteiger partial charge in [-0.25, -0.2) is 0 Å². The summed E-state index contributed by atoms with van der Waals surface area (Å²) in [6, 6.07) is 24.9. The molecule has 3 aromatic rings. The molecule has 0 heterocycles. The number of terminal acetylenes is 1. The summed E-state index contributed by atoms with van der Waals surface area (Å²) < 4.78 is 0. The normalized spacial score (nSPS) is 18.2. The topological polar surface area (TPSA) is 0 Å². The number of hydrogen-bond donors (Lipinski definition) is 0. The van der Waals surface area contributed by atoms with Gasteiger partial charge in [0.2, 0.25) is 0 Å². The molecule has 0 fully saturated rings. The van der Waals surface area contributed by atoms with Gasteiger partial charge in [0.1, 0.15) is 0 Å². The first-order chi connectivity index (χ1) is 15.6. The lowest BCUT2D eigenvalue weighted by molar-refractivity contribution is 0.289. The average molecular weight is 417 g/mol. The summed E-state index contributed by atoms with van der Waals surface area (Å²) in [7, 11) is 0. The van der Waals surface area contributed by atoms with Gasteiger partial charge in [-0.3, -0.25) is 0 Å². The molecule has 0 aromatic heterocycles. The average Bonchev–Trinajstić information content (AvgIpc) is 3.38. The Morgan fingerprint density at radius 2 is 1.66 bits per heavy atom. The minimum absolute atomic E-state index is 0.0103. The van der Waals surface area contributed by atoms with E-state index in [1.165, 1.54) is 51.8 Å². The zero-order chi connectivity index (χ0) is 22.2. The molecule has 160 valence electrons. The van der Waals surface area contributed by atoms with Crippen molar-refractivity contribution < 1.29 is 0 Å². The molecule has 0 nitrogen and oxygen atoms in total. The summed E-state index contributed by atoms with van der Waals surface area (Å²) in [6.45, 7) is 4.94. The Labute approximate surface area is 193 Å². The fourth-order valence-electron chi connectivity index (χ4n) is 6.24. The van der Waals surface area contributed by atoms with Crippen molar-refractivity contribution in [3.8, 4) is 23.5 Å². The maximum absolute atomic E-state index is 5.49. The second kappa shape index (κ2) is 8.14. The second-order valence-electron chi connectivity index (χ2n) is 9.95. The van der Waals surface area contributed by atoms with Gasteiger partial charge in [0, 0.05) is 17.3 Å². The quantitative estimate of drug-likeness (QED) is 0.211. The maximum atomic E-state index is 5.49. The monoisotopic (exact) mass is 416 g/mol. The zero-order valence-electron chi connectivity index (χ0n) is 19.3. The summed E-state index contributed by atoms with van der Waals surface area (Å²) in [5.74, 6) is 2.80. The van der Waals surface area contributed by atoms with Crippen LogP contribution in [0.15, 0.2) is 72.8 Å². The van der Waals surface area contributed by atoms with E-state index in [1.807, 2.05) is 0 Å². The fraction of sp³-hybridized carbons (Fsp3) is 0.312. The fourth-order valence-corrected chi connectivity index (χ4v) is 6.24. The Kier molecular flexibility index (Phi) is 5.30. The van der Waals surface area contributed by atoms with Crippen LogP contribution in [0.4, 0.5) is 0 Å². The smallest absolute Gasteiger partial charge is 0.0233 e. The van der Waals surface area contributed by atoms with Gasteiger partial charge in [0.05, 0.1) is 0 Å². The summed E-state index contributed by atoms with van der Waals surface area (Å²) in [6.07, 6.45) is 16.9. The van der Waals surface area contributed by atoms with Crippen LogP contribution in [0.3, 0.4) is 0 Å². The molecule has 2 aliphatic carbocycles. The molecule has 0 saturated carbocycles. The minimum Gasteiger partial charge on any atom is -0.120 e.